The van der Waals surface area contributed by atoms with Gasteiger partial charge in [-0.3, -0.25) is 9.89 Å². The summed E-state index contributed by atoms with van der Waals surface area (Å²) in [4.78, 5) is 16.5. The molecule has 2 heterocycles. The van der Waals surface area contributed by atoms with Crippen LogP contribution in [-0.4, -0.2) is 14.6 Å². The van der Waals surface area contributed by atoms with Crippen LogP contribution in [-0.2, 0) is 6.42 Å². The van der Waals surface area contributed by atoms with E-state index in [2.05, 4.69) is 30.9 Å². The minimum absolute atomic E-state index is 0.00191. The van der Waals surface area contributed by atoms with Crippen LogP contribution in [0.4, 0.5) is 0 Å². The van der Waals surface area contributed by atoms with Gasteiger partial charge in [-0.1, -0.05) is 20.8 Å². The predicted octanol–water partition coefficient (Wildman–Crippen LogP) is 2.49. The van der Waals surface area contributed by atoms with Gasteiger partial charge in [0.1, 0.15) is 5.82 Å². The number of H-pyrrole nitrogens is 1. The van der Waals surface area contributed by atoms with Gasteiger partial charge in [0.15, 0.2) is 5.65 Å². The zero-order valence-corrected chi connectivity index (χ0v) is 11.2. The highest BCUT2D eigenvalue weighted by molar-refractivity contribution is 5.42. The molecule has 0 bridgehead atoms. The third-order valence-corrected chi connectivity index (χ3v) is 3.27. The molecule has 0 unspecified atom stereocenters. The van der Waals surface area contributed by atoms with E-state index in [1.54, 1.807) is 10.6 Å². The minimum Gasteiger partial charge on any atom is -0.276 e. The number of hydrogen-bond acceptors (Lipinski definition) is 2. The van der Waals surface area contributed by atoms with Gasteiger partial charge in [0.25, 0.3) is 5.56 Å². The Bertz CT molecular complexity index is 641. The first kappa shape index (κ1) is 11.5. The van der Waals surface area contributed by atoms with Gasteiger partial charge in [0.2, 0.25) is 0 Å². The fourth-order valence-corrected chi connectivity index (χ4v) is 2.30. The van der Waals surface area contributed by atoms with Crippen LogP contribution in [0.1, 0.15) is 50.9 Å². The van der Waals surface area contributed by atoms with Crippen LogP contribution >= 0.6 is 0 Å². The maximum atomic E-state index is 12.0. The molecule has 0 aliphatic heterocycles. The molecule has 0 spiro atoms. The van der Waals surface area contributed by atoms with E-state index in [0.717, 1.165) is 23.5 Å². The summed E-state index contributed by atoms with van der Waals surface area (Å²) in [5.41, 5.74) is 2.07. The van der Waals surface area contributed by atoms with E-state index in [9.17, 15) is 4.79 Å². The minimum atomic E-state index is 0.00191. The molecular formula is C14H19N3O. The Morgan fingerprint density at radius 2 is 2.11 bits per heavy atom. The van der Waals surface area contributed by atoms with Crippen LogP contribution in [0.5, 0.6) is 0 Å². The first-order valence-corrected chi connectivity index (χ1v) is 6.54. The number of aromatic nitrogens is 3. The van der Waals surface area contributed by atoms with Gasteiger partial charge < -0.3 is 0 Å². The SMILES string of the molecule is CC(C)(C)Cc1nc2cc(C3CC3)cc(=O)n2[nH]1. The van der Waals surface area contributed by atoms with Crippen molar-refractivity contribution in [2.24, 2.45) is 5.41 Å². The highest BCUT2D eigenvalue weighted by atomic mass is 16.1. The quantitative estimate of drug-likeness (QED) is 0.883. The first-order chi connectivity index (χ1) is 8.42. The molecule has 3 rings (SSSR count). The number of aromatic amines is 1. The Morgan fingerprint density at radius 1 is 1.39 bits per heavy atom. The lowest BCUT2D eigenvalue weighted by Gasteiger charge is -2.15. The van der Waals surface area contributed by atoms with Crippen LogP contribution in [0, 0.1) is 5.41 Å². The Hall–Kier alpha value is -1.58. The van der Waals surface area contributed by atoms with Gasteiger partial charge >= 0.3 is 0 Å². The highest BCUT2D eigenvalue weighted by Crippen LogP contribution is 2.39. The second-order valence-electron chi connectivity index (χ2n) is 6.50. The summed E-state index contributed by atoms with van der Waals surface area (Å²) in [7, 11) is 0. The molecule has 1 saturated carbocycles. The number of hydrogen-bond donors (Lipinski definition) is 1. The normalized spacial score (nSPS) is 16.4. The summed E-state index contributed by atoms with van der Waals surface area (Å²) in [6.45, 7) is 6.50. The Kier molecular flexibility index (Phi) is 2.37. The fraction of sp³-hybridized carbons (Fsp3) is 0.571. The van der Waals surface area contributed by atoms with E-state index in [1.165, 1.54) is 12.8 Å². The summed E-state index contributed by atoms with van der Waals surface area (Å²) >= 11 is 0. The van der Waals surface area contributed by atoms with Crippen molar-refractivity contribution in [1.82, 2.24) is 14.6 Å². The third-order valence-electron chi connectivity index (χ3n) is 3.27. The van der Waals surface area contributed by atoms with Gasteiger partial charge in [0.05, 0.1) is 0 Å². The van der Waals surface area contributed by atoms with Gasteiger partial charge in [-0.05, 0) is 35.8 Å². The average Bonchev–Trinajstić information content (AvgIpc) is 2.98. The molecule has 4 nitrogen and oxygen atoms in total. The van der Waals surface area contributed by atoms with E-state index >= 15 is 0 Å². The third kappa shape index (κ3) is 2.19. The molecule has 2 aromatic rings. The van der Waals surface area contributed by atoms with Gasteiger partial charge in [0, 0.05) is 12.5 Å². The molecule has 0 radical (unpaired) electrons. The van der Waals surface area contributed by atoms with E-state index in [1.807, 2.05) is 6.07 Å². The molecule has 1 aliphatic rings. The number of nitrogens with zero attached hydrogens (tertiary/aromatic N) is 2. The van der Waals surface area contributed by atoms with Crippen molar-refractivity contribution in [1.29, 1.82) is 0 Å². The second-order valence-corrected chi connectivity index (χ2v) is 6.50. The lowest BCUT2D eigenvalue weighted by Crippen LogP contribution is -2.14. The summed E-state index contributed by atoms with van der Waals surface area (Å²) in [6.07, 6.45) is 3.25. The van der Waals surface area contributed by atoms with Crippen molar-refractivity contribution in [2.75, 3.05) is 0 Å². The van der Waals surface area contributed by atoms with Crippen molar-refractivity contribution in [2.45, 2.75) is 46.0 Å². The van der Waals surface area contributed by atoms with E-state index < -0.39 is 0 Å². The molecule has 0 amide bonds. The predicted molar refractivity (Wildman–Crippen MR) is 70.9 cm³/mol. The summed E-state index contributed by atoms with van der Waals surface area (Å²) in [6, 6.07) is 3.78. The molecule has 1 fully saturated rings. The lowest BCUT2D eigenvalue weighted by molar-refractivity contribution is 0.400. The molecule has 0 atom stereocenters. The standard InChI is InChI=1S/C14H19N3O/c1-14(2,3)8-11-15-12-6-10(9-4-5-9)7-13(18)17(12)16-11/h6-7,9H,4-5,8H2,1-3H3,(H,15,16). The summed E-state index contributed by atoms with van der Waals surface area (Å²) in [5, 5.41) is 3.10. The number of rotatable bonds is 2. The number of fused-ring (bicyclic) bond motifs is 1. The molecule has 1 aliphatic carbocycles. The monoisotopic (exact) mass is 245 g/mol. The van der Waals surface area contributed by atoms with E-state index in [-0.39, 0.29) is 11.0 Å². The first-order valence-electron chi connectivity index (χ1n) is 6.54. The van der Waals surface area contributed by atoms with E-state index in [0.29, 0.717) is 5.92 Å². The number of nitrogens with one attached hydrogen (secondary N) is 1. The summed E-state index contributed by atoms with van der Waals surface area (Å²) in [5.74, 6) is 1.47. The fourth-order valence-electron chi connectivity index (χ4n) is 2.30. The Balaban J connectivity index is 2.05. The van der Waals surface area contributed by atoms with Crippen LogP contribution in [0.15, 0.2) is 16.9 Å². The molecular weight excluding hydrogens is 226 g/mol. The molecule has 0 aromatic carbocycles. The average molecular weight is 245 g/mol. The molecule has 4 heteroatoms. The molecule has 96 valence electrons. The maximum absolute atomic E-state index is 12.0. The van der Waals surface area contributed by atoms with Gasteiger partial charge in [-0.25, -0.2) is 9.50 Å². The van der Waals surface area contributed by atoms with Crippen molar-refractivity contribution in [3.05, 3.63) is 33.9 Å². The lowest BCUT2D eigenvalue weighted by atomic mass is 9.92. The van der Waals surface area contributed by atoms with E-state index in [4.69, 9.17) is 0 Å². The van der Waals surface area contributed by atoms with Crippen LogP contribution in [0.25, 0.3) is 5.65 Å². The number of pyridine rings is 1. The molecule has 0 saturated heterocycles. The molecule has 1 N–H and O–H groups in total. The Labute approximate surface area is 106 Å². The van der Waals surface area contributed by atoms with Gasteiger partial charge in [-0.2, -0.15) is 0 Å². The largest absolute Gasteiger partial charge is 0.276 e. The maximum Gasteiger partial charge on any atom is 0.271 e. The van der Waals surface area contributed by atoms with Crippen molar-refractivity contribution >= 4 is 5.65 Å². The van der Waals surface area contributed by atoms with Crippen LogP contribution in [0.2, 0.25) is 0 Å². The topological polar surface area (TPSA) is 50.2 Å². The van der Waals surface area contributed by atoms with Crippen molar-refractivity contribution in [3.63, 3.8) is 0 Å². The van der Waals surface area contributed by atoms with Crippen molar-refractivity contribution < 1.29 is 0 Å². The molecule has 18 heavy (non-hydrogen) atoms. The Morgan fingerprint density at radius 3 is 2.72 bits per heavy atom. The highest BCUT2D eigenvalue weighted by Gasteiger charge is 2.25. The summed E-state index contributed by atoms with van der Waals surface area (Å²) < 4.78 is 1.55. The molecule has 2 aromatic heterocycles. The second kappa shape index (κ2) is 3.70. The van der Waals surface area contributed by atoms with Crippen LogP contribution in [0.3, 0.4) is 0 Å². The zero-order chi connectivity index (χ0) is 12.9. The zero-order valence-electron chi connectivity index (χ0n) is 11.2. The smallest absolute Gasteiger partial charge is 0.271 e. The van der Waals surface area contributed by atoms with Crippen LogP contribution < -0.4 is 5.56 Å². The van der Waals surface area contributed by atoms with Gasteiger partial charge in [-0.15, -0.1) is 0 Å². The van der Waals surface area contributed by atoms with Crippen molar-refractivity contribution in [3.8, 4) is 0 Å².